The normalized spacial score (nSPS) is 18.0. The SMILES string of the molecule is CN(Cc1ccccc1C(F)(F)F)C(=O)C1CCCN1S(=O)(=O)c1ccccc1. The predicted octanol–water partition coefficient (Wildman–Crippen LogP) is 3.52. The molecule has 0 aliphatic carbocycles. The van der Waals surface area contributed by atoms with Crippen molar-refractivity contribution in [3.8, 4) is 0 Å². The second-order valence-electron chi connectivity index (χ2n) is 6.94. The summed E-state index contributed by atoms with van der Waals surface area (Å²) < 4.78 is 66.6. The zero-order chi connectivity index (χ0) is 21.2. The molecule has 0 radical (unpaired) electrons. The van der Waals surface area contributed by atoms with Crippen LogP contribution in [0.1, 0.15) is 24.0 Å². The number of alkyl halides is 3. The highest BCUT2D eigenvalue weighted by Gasteiger charge is 2.41. The monoisotopic (exact) mass is 426 g/mol. The lowest BCUT2D eigenvalue weighted by Gasteiger charge is -2.28. The molecule has 5 nitrogen and oxygen atoms in total. The molecule has 1 saturated heterocycles. The van der Waals surface area contributed by atoms with E-state index in [-0.39, 0.29) is 23.5 Å². The van der Waals surface area contributed by atoms with E-state index in [1.807, 2.05) is 0 Å². The predicted molar refractivity (Wildman–Crippen MR) is 101 cm³/mol. The standard InChI is InChI=1S/C20H21F3N2O3S/c1-24(14-15-8-5-6-11-17(15)20(21,22)23)19(26)18-12-7-13-25(18)29(27,28)16-9-3-2-4-10-16/h2-6,8-11,18H,7,12-14H2,1H3. The summed E-state index contributed by atoms with van der Waals surface area (Å²) in [6.45, 7) is -0.0646. The molecule has 0 bridgehead atoms. The van der Waals surface area contributed by atoms with E-state index in [4.69, 9.17) is 0 Å². The average molecular weight is 426 g/mol. The first-order valence-corrected chi connectivity index (χ1v) is 10.5. The molecular formula is C20H21F3N2O3S. The number of sulfonamides is 1. The van der Waals surface area contributed by atoms with Crippen molar-refractivity contribution in [3.63, 3.8) is 0 Å². The Morgan fingerprint density at radius 2 is 1.72 bits per heavy atom. The molecule has 1 fully saturated rings. The number of amides is 1. The molecule has 1 aliphatic rings. The maximum Gasteiger partial charge on any atom is 0.416 e. The summed E-state index contributed by atoms with van der Waals surface area (Å²) in [7, 11) is -2.47. The third-order valence-corrected chi connectivity index (χ3v) is 6.87. The van der Waals surface area contributed by atoms with Crippen LogP contribution in [-0.4, -0.2) is 43.2 Å². The number of hydrogen-bond donors (Lipinski definition) is 0. The van der Waals surface area contributed by atoms with Crippen LogP contribution in [0.25, 0.3) is 0 Å². The summed E-state index contributed by atoms with van der Waals surface area (Å²) in [5.74, 6) is -0.515. The van der Waals surface area contributed by atoms with Crippen LogP contribution >= 0.6 is 0 Å². The van der Waals surface area contributed by atoms with Gasteiger partial charge in [-0.05, 0) is 36.6 Å². The highest BCUT2D eigenvalue weighted by molar-refractivity contribution is 7.89. The summed E-state index contributed by atoms with van der Waals surface area (Å²) in [5, 5.41) is 0. The van der Waals surface area contributed by atoms with E-state index < -0.39 is 33.7 Å². The Kier molecular flexibility index (Phi) is 6.00. The first kappa shape index (κ1) is 21.3. The summed E-state index contributed by atoms with van der Waals surface area (Å²) in [4.78, 5) is 14.2. The lowest BCUT2D eigenvalue weighted by atomic mass is 10.1. The van der Waals surface area contributed by atoms with Crippen molar-refractivity contribution < 1.29 is 26.4 Å². The number of carbonyl (C=O) groups is 1. The molecule has 156 valence electrons. The topological polar surface area (TPSA) is 57.7 Å². The van der Waals surface area contributed by atoms with E-state index >= 15 is 0 Å². The highest BCUT2D eigenvalue weighted by atomic mass is 32.2. The first-order valence-electron chi connectivity index (χ1n) is 9.09. The third kappa shape index (κ3) is 4.45. The summed E-state index contributed by atoms with van der Waals surface area (Å²) in [6, 6.07) is 11.9. The molecule has 9 heteroatoms. The van der Waals surface area contributed by atoms with E-state index in [2.05, 4.69) is 0 Å². The number of carbonyl (C=O) groups excluding carboxylic acids is 1. The Morgan fingerprint density at radius 3 is 2.38 bits per heavy atom. The van der Waals surface area contributed by atoms with Gasteiger partial charge in [0.25, 0.3) is 0 Å². The summed E-state index contributed by atoms with van der Waals surface area (Å²) >= 11 is 0. The molecule has 0 spiro atoms. The summed E-state index contributed by atoms with van der Waals surface area (Å²) in [5.41, 5.74) is -0.842. The molecule has 1 heterocycles. The zero-order valence-corrected chi connectivity index (χ0v) is 16.6. The zero-order valence-electron chi connectivity index (χ0n) is 15.8. The van der Waals surface area contributed by atoms with Gasteiger partial charge < -0.3 is 4.90 Å². The Labute approximate surface area is 167 Å². The molecule has 0 N–H and O–H groups in total. The number of rotatable bonds is 5. The van der Waals surface area contributed by atoms with E-state index in [0.29, 0.717) is 12.8 Å². The van der Waals surface area contributed by atoms with Crippen LogP contribution in [0, 0.1) is 0 Å². The van der Waals surface area contributed by atoms with Gasteiger partial charge in [0.1, 0.15) is 6.04 Å². The van der Waals surface area contributed by atoms with Gasteiger partial charge in [-0.15, -0.1) is 0 Å². The Bertz CT molecular complexity index is 978. The minimum Gasteiger partial charge on any atom is -0.340 e. The highest BCUT2D eigenvalue weighted by Crippen LogP contribution is 2.33. The van der Waals surface area contributed by atoms with Gasteiger partial charge in [0.15, 0.2) is 0 Å². The molecule has 0 aromatic heterocycles. The quantitative estimate of drug-likeness (QED) is 0.735. The van der Waals surface area contributed by atoms with Crippen LogP contribution < -0.4 is 0 Å². The largest absolute Gasteiger partial charge is 0.416 e. The summed E-state index contributed by atoms with van der Waals surface area (Å²) in [6.07, 6.45) is -3.69. The lowest BCUT2D eigenvalue weighted by Crippen LogP contribution is -2.46. The molecule has 3 rings (SSSR count). The van der Waals surface area contributed by atoms with Crippen LogP contribution in [0.2, 0.25) is 0 Å². The van der Waals surface area contributed by atoms with Crippen LogP contribution in [0.4, 0.5) is 13.2 Å². The number of benzene rings is 2. The van der Waals surface area contributed by atoms with Gasteiger partial charge in [-0.1, -0.05) is 36.4 Å². The van der Waals surface area contributed by atoms with E-state index in [1.165, 1.54) is 37.4 Å². The minimum atomic E-state index is -4.53. The first-order chi connectivity index (χ1) is 13.6. The van der Waals surface area contributed by atoms with Crippen molar-refractivity contribution in [2.45, 2.75) is 36.5 Å². The second kappa shape index (κ2) is 8.16. The molecule has 2 aromatic carbocycles. The van der Waals surface area contributed by atoms with Gasteiger partial charge in [0, 0.05) is 20.1 Å². The van der Waals surface area contributed by atoms with Crippen molar-refractivity contribution in [2.75, 3.05) is 13.6 Å². The van der Waals surface area contributed by atoms with Gasteiger partial charge in [-0.2, -0.15) is 17.5 Å². The number of hydrogen-bond acceptors (Lipinski definition) is 3. The van der Waals surface area contributed by atoms with Crippen molar-refractivity contribution in [1.29, 1.82) is 0 Å². The second-order valence-corrected chi connectivity index (χ2v) is 8.83. The van der Waals surface area contributed by atoms with Crippen LogP contribution in [0.3, 0.4) is 0 Å². The fourth-order valence-electron chi connectivity index (χ4n) is 3.53. The lowest BCUT2D eigenvalue weighted by molar-refractivity contribution is -0.140. The fraction of sp³-hybridized carbons (Fsp3) is 0.350. The van der Waals surface area contributed by atoms with Crippen LogP contribution in [0.5, 0.6) is 0 Å². The van der Waals surface area contributed by atoms with Crippen molar-refractivity contribution in [3.05, 3.63) is 65.7 Å². The van der Waals surface area contributed by atoms with Gasteiger partial charge in [-0.3, -0.25) is 4.79 Å². The van der Waals surface area contributed by atoms with Crippen LogP contribution in [0.15, 0.2) is 59.5 Å². The fourth-order valence-corrected chi connectivity index (χ4v) is 5.20. The molecule has 29 heavy (non-hydrogen) atoms. The Morgan fingerprint density at radius 1 is 1.10 bits per heavy atom. The number of nitrogens with zero attached hydrogens (tertiary/aromatic N) is 2. The van der Waals surface area contributed by atoms with Crippen molar-refractivity contribution in [2.24, 2.45) is 0 Å². The molecular weight excluding hydrogens is 405 g/mol. The van der Waals surface area contributed by atoms with Gasteiger partial charge in [0.2, 0.25) is 15.9 Å². The van der Waals surface area contributed by atoms with E-state index in [9.17, 15) is 26.4 Å². The molecule has 1 atom stereocenters. The Balaban J connectivity index is 1.81. The van der Waals surface area contributed by atoms with E-state index in [0.717, 1.165) is 15.3 Å². The Hall–Kier alpha value is -2.39. The molecule has 0 saturated carbocycles. The van der Waals surface area contributed by atoms with E-state index in [1.54, 1.807) is 18.2 Å². The van der Waals surface area contributed by atoms with Gasteiger partial charge in [0.05, 0.1) is 10.5 Å². The molecule has 2 aromatic rings. The average Bonchev–Trinajstić information content (AvgIpc) is 3.18. The van der Waals surface area contributed by atoms with Gasteiger partial charge >= 0.3 is 6.18 Å². The third-order valence-electron chi connectivity index (χ3n) is 4.95. The maximum atomic E-state index is 13.2. The molecule has 1 amide bonds. The minimum absolute atomic E-state index is 0.0358. The van der Waals surface area contributed by atoms with Crippen molar-refractivity contribution in [1.82, 2.24) is 9.21 Å². The van der Waals surface area contributed by atoms with Crippen LogP contribution in [-0.2, 0) is 27.5 Å². The smallest absolute Gasteiger partial charge is 0.340 e. The van der Waals surface area contributed by atoms with Gasteiger partial charge in [-0.25, -0.2) is 8.42 Å². The maximum absolute atomic E-state index is 13.2. The molecule has 1 unspecified atom stereocenters. The number of likely N-dealkylation sites (N-methyl/N-ethyl adjacent to an activating group) is 1. The number of halogens is 3. The molecule has 1 aliphatic heterocycles. The van der Waals surface area contributed by atoms with Crippen molar-refractivity contribution >= 4 is 15.9 Å².